The lowest BCUT2D eigenvalue weighted by molar-refractivity contribution is -0.384. The van der Waals surface area contributed by atoms with Crippen LogP contribution in [0.2, 0.25) is 0 Å². The monoisotopic (exact) mass is 508 g/mol. The first-order valence-corrected chi connectivity index (χ1v) is 12.3. The largest absolute Gasteiger partial charge is 0.524 e. The lowest BCUT2D eigenvalue weighted by Crippen LogP contribution is -2.41. The molecule has 2 aromatic rings. The number of alkyl halides is 3. The third-order valence-electron chi connectivity index (χ3n) is 6.86. The standard InChI is InChI=1S/C24H31F3N6O3/c25-24(26,27)36-22(18-7-3-1-4-8-18)31-23-29-16-20(33(34)35)21(30-23)28-15-17-9-11-19(12-10-17)32-13-5-2-6-14-32/h1,3-4,7-8,16-17,19,22H,2,5-6,9-15H2,(H2,28,29,30,31). The van der Waals surface area contributed by atoms with E-state index in [2.05, 4.69) is 30.2 Å². The van der Waals surface area contributed by atoms with Crippen LogP contribution in [0.4, 0.5) is 30.6 Å². The van der Waals surface area contributed by atoms with E-state index in [1.165, 1.54) is 44.5 Å². The van der Waals surface area contributed by atoms with Crippen LogP contribution in [0.25, 0.3) is 0 Å². The van der Waals surface area contributed by atoms with Gasteiger partial charge in [-0.1, -0.05) is 36.8 Å². The molecule has 196 valence electrons. The summed E-state index contributed by atoms with van der Waals surface area (Å²) in [5.74, 6) is 0.0899. The number of nitrogens with zero attached hydrogens (tertiary/aromatic N) is 4. The quantitative estimate of drug-likeness (QED) is 0.260. The molecule has 1 unspecified atom stereocenters. The van der Waals surface area contributed by atoms with E-state index in [0.29, 0.717) is 18.5 Å². The van der Waals surface area contributed by atoms with E-state index >= 15 is 0 Å². The van der Waals surface area contributed by atoms with Gasteiger partial charge in [-0.2, -0.15) is 4.98 Å². The fraction of sp³-hybridized carbons (Fsp3) is 0.583. The van der Waals surface area contributed by atoms with E-state index in [1.807, 2.05) is 0 Å². The number of hydrogen-bond acceptors (Lipinski definition) is 8. The van der Waals surface area contributed by atoms with E-state index in [4.69, 9.17) is 0 Å². The van der Waals surface area contributed by atoms with Gasteiger partial charge in [0.2, 0.25) is 11.8 Å². The number of aromatic nitrogens is 2. The van der Waals surface area contributed by atoms with Gasteiger partial charge in [0.15, 0.2) is 6.23 Å². The van der Waals surface area contributed by atoms with E-state index in [-0.39, 0.29) is 23.0 Å². The first-order chi connectivity index (χ1) is 17.3. The molecule has 1 saturated carbocycles. The Balaban J connectivity index is 1.41. The topological polar surface area (TPSA) is 105 Å². The van der Waals surface area contributed by atoms with Crippen molar-refractivity contribution in [2.24, 2.45) is 5.92 Å². The summed E-state index contributed by atoms with van der Waals surface area (Å²) in [5.41, 5.74) is -0.132. The Bertz CT molecular complexity index is 996. The number of ether oxygens (including phenoxy) is 1. The van der Waals surface area contributed by atoms with Crippen LogP contribution >= 0.6 is 0 Å². The third kappa shape index (κ3) is 7.26. The number of piperidine rings is 1. The second-order valence-electron chi connectivity index (χ2n) is 9.34. The summed E-state index contributed by atoms with van der Waals surface area (Å²) >= 11 is 0. The molecule has 2 N–H and O–H groups in total. The molecule has 4 rings (SSSR count). The molecular formula is C24H31F3N6O3. The SMILES string of the molecule is O=[N+]([O-])c1cnc(NC(OC(F)(F)F)c2ccccc2)nc1NCC1CCC(N2CCCCC2)CC1. The number of hydrogen-bond donors (Lipinski definition) is 2. The van der Waals surface area contributed by atoms with Gasteiger partial charge >= 0.3 is 12.0 Å². The van der Waals surface area contributed by atoms with Gasteiger partial charge in [0.25, 0.3) is 0 Å². The molecule has 2 fully saturated rings. The van der Waals surface area contributed by atoms with Crippen LogP contribution in [-0.2, 0) is 4.74 Å². The van der Waals surface area contributed by atoms with Crippen molar-refractivity contribution in [2.75, 3.05) is 30.3 Å². The molecule has 2 aliphatic rings. The maximum absolute atomic E-state index is 13.0. The van der Waals surface area contributed by atoms with Gasteiger partial charge in [-0.15, -0.1) is 13.2 Å². The Morgan fingerprint density at radius 3 is 2.44 bits per heavy atom. The summed E-state index contributed by atoms with van der Waals surface area (Å²) in [6.07, 6.45) is 2.48. The fourth-order valence-corrected chi connectivity index (χ4v) is 5.01. The fourth-order valence-electron chi connectivity index (χ4n) is 5.01. The van der Waals surface area contributed by atoms with Gasteiger partial charge in [0, 0.05) is 18.2 Å². The first-order valence-electron chi connectivity index (χ1n) is 12.3. The minimum absolute atomic E-state index is 0.0329. The van der Waals surface area contributed by atoms with Crippen LogP contribution in [0.5, 0.6) is 0 Å². The summed E-state index contributed by atoms with van der Waals surface area (Å²) in [6.45, 7) is 2.82. The zero-order valence-electron chi connectivity index (χ0n) is 19.9. The molecule has 1 atom stereocenters. The molecule has 0 bridgehead atoms. The van der Waals surface area contributed by atoms with Crippen molar-refractivity contribution in [3.8, 4) is 0 Å². The van der Waals surface area contributed by atoms with Crippen molar-refractivity contribution in [2.45, 2.75) is 63.6 Å². The van der Waals surface area contributed by atoms with Crippen molar-refractivity contribution in [1.29, 1.82) is 0 Å². The van der Waals surface area contributed by atoms with Gasteiger partial charge in [-0.3, -0.25) is 14.9 Å². The average molecular weight is 509 g/mol. The molecule has 1 aliphatic heterocycles. The molecular weight excluding hydrogens is 477 g/mol. The van der Waals surface area contributed by atoms with E-state index in [1.54, 1.807) is 18.2 Å². The molecule has 9 nitrogen and oxygen atoms in total. The van der Waals surface area contributed by atoms with Crippen molar-refractivity contribution in [1.82, 2.24) is 14.9 Å². The Hall–Kier alpha value is -2.99. The molecule has 36 heavy (non-hydrogen) atoms. The molecule has 12 heteroatoms. The Labute approximate surface area is 207 Å². The molecule has 0 amide bonds. The van der Waals surface area contributed by atoms with Crippen LogP contribution in [0.15, 0.2) is 36.5 Å². The number of nitro groups is 1. The molecule has 0 spiro atoms. The Kier molecular flexibility index (Phi) is 8.57. The van der Waals surface area contributed by atoms with E-state index < -0.39 is 17.5 Å². The predicted molar refractivity (Wildman–Crippen MR) is 128 cm³/mol. The first kappa shape index (κ1) is 26.1. The molecule has 1 aromatic heterocycles. The normalized spacial score (nSPS) is 22.1. The van der Waals surface area contributed by atoms with Crippen LogP contribution < -0.4 is 10.6 Å². The van der Waals surface area contributed by atoms with Crippen LogP contribution in [0.3, 0.4) is 0 Å². The Morgan fingerprint density at radius 2 is 1.81 bits per heavy atom. The van der Waals surface area contributed by atoms with Crippen molar-refractivity contribution in [3.63, 3.8) is 0 Å². The number of benzene rings is 1. The summed E-state index contributed by atoms with van der Waals surface area (Å²) in [4.78, 5) is 21.5. The van der Waals surface area contributed by atoms with Gasteiger partial charge in [-0.05, 0) is 57.5 Å². The molecule has 1 saturated heterocycles. The zero-order chi connectivity index (χ0) is 25.5. The van der Waals surface area contributed by atoms with Crippen LogP contribution in [0, 0.1) is 16.0 Å². The van der Waals surface area contributed by atoms with Crippen molar-refractivity contribution >= 4 is 17.5 Å². The van der Waals surface area contributed by atoms with Gasteiger partial charge < -0.3 is 15.5 Å². The number of nitrogens with one attached hydrogen (secondary N) is 2. The number of rotatable bonds is 9. The highest BCUT2D eigenvalue weighted by molar-refractivity contribution is 5.57. The number of anilines is 2. The highest BCUT2D eigenvalue weighted by Gasteiger charge is 2.35. The highest BCUT2D eigenvalue weighted by Crippen LogP contribution is 2.32. The maximum Gasteiger partial charge on any atom is 0.524 e. The predicted octanol–water partition coefficient (Wildman–Crippen LogP) is 5.49. The number of halogens is 3. The van der Waals surface area contributed by atoms with E-state index in [0.717, 1.165) is 31.9 Å². The summed E-state index contributed by atoms with van der Waals surface area (Å²) in [5, 5.41) is 17.1. The lowest BCUT2D eigenvalue weighted by atomic mass is 9.84. The average Bonchev–Trinajstić information content (AvgIpc) is 2.87. The zero-order valence-corrected chi connectivity index (χ0v) is 19.9. The molecule has 1 aromatic carbocycles. The maximum atomic E-state index is 13.0. The Morgan fingerprint density at radius 1 is 1.11 bits per heavy atom. The van der Waals surface area contributed by atoms with Crippen molar-refractivity contribution < 1.29 is 22.8 Å². The van der Waals surface area contributed by atoms with Crippen molar-refractivity contribution in [3.05, 3.63) is 52.2 Å². The minimum Gasteiger partial charge on any atom is -0.364 e. The third-order valence-corrected chi connectivity index (χ3v) is 6.86. The second kappa shape index (κ2) is 11.8. The molecule has 0 radical (unpaired) electrons. The smallest absolute Gasteiger partial charge is 0.364 e. The lowest BCUT2D eigenvalue weighted by Gasteiger charge is -2.39. The number of likely N-dealkylation sites (tertiary alicyclic amines) is 1. The van der Waals surface area contributed by atoms with E-state index in [9.17, 15) is 23.3 Å². The minimum atomic E-state index is -4.91. The highest BCUT2D eigenvalue weighted by atomic mass is 19.4. The van der Waals surface area contributed by atoms with Gasteiger partial charge in [0.05, 0.1) is 4.92 Å². The second-order valence-corrected chi connectivity index (χ2v) is 9.34. The summed E-state index contributed by atoms with van der Waals surface area (Å²) in [7, 11) is 0. The summed E-state index contributed by atoms with van der Waals surface area (Å²) in [6, 6.07) is 8.36. The molecule has 2 heterocycles. The van der Waals surface area contributed by atoms with Crippen LogP contribution in [-0.4, -0.2) is 51.8 Å². The molecule has 1 aliphatic carbocycles. The van der Waals surface area contributed by atoms with Gasteiger partial charge in [-0.25, -0.2) is 4.98 Å². The summed E-state index contributed by atoms with van der Waals surface area (Å²) < 4.78 is 43.2. The van der Waals surface area contributed by atoms with Gasteiger partial charge in [0.1, 0.15) is 6.20 Å². The van der Waals surface area contributed by atoms with Crippen LogP contribution in [0.1, 0.15) is 56.7 Å².